The molecule has 1 unspecified atom stereocenters. The maximum absolute atomic E-state index is 5.53. The number of hydrogen-bond donors (Lipinski definition) is 1. The van der Waals surface area contributed by atoms with Crippen LogP contribution in [-0.2, 0) is 0 Å². The molecule has 4 heteroatoms. The molecule has 50 valence electrons. The minimum Gasteiger partial charge on any atom is -0.322 e. The highest BCUT2D eigenvalue weighted by molar-refractivity contribution is 7.11. The van der Waals surface area contributed by atoms with E-state index in [-0.39, 0.29) is 6.04 Å². The fourth-order valence-electron chi connectivity index (χ4n) is 0.496. The summed E-state index contributed by atoms with van der Waals surface area (Å²) in [6.07, 6.45) is 0. The van der Waals surface area contributed by atoms with Crippen LogP contribution >= 0.6 is 11.3 Å². The molecule has 0 saturated heterocycles. The van der Waals surface area contributed by atoms with Crippen molar-refractivity contribution in [2.75, 3.05) is 0 Å². The van der Waals surface area contributed by atoms with Crippen LogP contribution in [0.2, 0.25) is 0 Å². The topological polar surface area (TPSA) is 51.8 Å². The van der Waals surface area contributed by atoms with Crippen molar-refractivity contribution in [1.82, 2.24) is 10.2 Å². The molecular formula is C5H9N3S. The zero-order valence-electron chi connectivity index (χ0n) is 5.46. The first-order valence-corrected chi connectivity index (χ1v) is 3.57. The van der Waals surface area contributed by atoms with Crippen LogP contribution in [0.4, 0.5) is 0 Å². The number of nitrogens with two attached hydrogens (primary N) is 1. The van der Waals surface area contributed by atoms with Gasteiger partial charge in [-0.05, 0) is 13.8 Å². The van der Waals surface area contributed by atoms with E-state index in [2.05, 4.69) is 10.2 Å². The van der Waals surface area contributed by atoms with Crippen LogP contribution in [-0.4, -0.2) is 10.2 Å². The zero-order valence-corrected chi connectivity index (χ0v) is 6.27. The Labute approximate surface area is 57.9 Å². The second kappa shape index (κ2) is 2.41. The van der Waals surface area contributed by atoms with E-state index >= 15 is 0 Å². The third-order valence-electron chi connectivity index (χ3n) is 0.931. The molecule has 2 N–H and O–H groups in total. The molecule has 1 aromatic rings. The molecular weight excluding hydrogens is 134 g/mol. The van der Waals surface area contributed by atoms with Crippen molar-refractivity contribution in [1.29, 1.82) is 0 Å². The Balaban J connectivity index is 2.85. The van der Waals surface area contributed by atoms with Gasteiger partial charge in [-0.25, -0.2) is 0 Å². The van der Waals surface area contributed by atoms with Crippen LogP contribution in [0, 0.1) is 6.92 Å². The minimum atomic E-state index is 0.0243. The fourth-order valence-corrected chi connectivity index (χ4v) is 1.15. The lowest BCUT2D eigenvalue weighted by atomic mass is 10.4. The summed E-state index contributed by atoms with van der Waals surface area (Å²) >= 11 is 1.55. The summed E-state index contributed by atoms with van der Waals surface area (Å²) in [6.45, 7) is 3.82. The van der Waals surface area contributed by atoms with Gasteiger partial charge in [-0.1, -0.05) is 0 Å². The molecule has 0 radical (unpaired) electrons. The van der Waals surface area contributed by atoms with Gasteiger partial charge in [-0.3, -0.25) is 0 Å². The summed E-state index contributed by atoms with van der Waals surface area (Å²) in [7, 11) is 0. The van der Waals surface area contributed by atoms with Gasteiger partial charge in [0.15, 0.2) is 0 Å². The lowest BCUT2D eigenvalue weighted by Gasteiger charge is -1.93. The molecule has 0 aliphatic heterocycles. The summed E-state index contributed by atoms with van der Waals surface area (Å²) in [5.41, 5.74) is 5.53. The van der Waals surface area contributed by atoms with Crippen molar-refractivity contribution in [3.63, 3.8) is 0 Å². The number of nitrogens with zero attached hydrogens (tertiary/aromatic N) is 2. The molecule has 0 aliphatic rings. The number of aryl methyl sites for hydroxylation is 1. The standard InChI is InChI=1S/C5H9N3S/c1-3(6)5-8-7-4(2)9-5/h3H,6H2,1-2H3. The average Bonchev–Trinajstić information content (AvgIpc) is 2.14. The first-order chi connectivity index (χ1) is 4.20. The Morgan fingerprint density at radius 2 is 2.22 bits per heavy atom. The Kier molecular flexibility index (Phi) is 1.78. The molecule has 0 amide bonds. The molecule has 1 aromatic heterocycles. The molecule has 3 nitrogen and oxygen atoms in total. The third kappa shape index (κ3) is 1.46. The highest BCUT2D eigenvalue weighted by atomic mass is 32.1. The van der Waals surface area contributed by atoms with Crippen LogP contribution in [0.15, 0.2) is 0 Å². The van der Waals surface area contributed by atoms with Gasteiger partial charge in [0.2, 0.25) is 0 Å². The van der Waals surface area contributed by atoms with Crippen molar-refractivity contribution < 1.29 is 0 Å². The van der Waals surface area contributed by atoms with Crippen LogP contribution in [0.1, 0.15) is 23.0 Å². The monoisotopic (exact) mass is 143 g/mol. The Bertz CT molecular complexity index is 194. The summed E-state index contributed by atoms with van der Waals surface area (Å²) in [5.74, 6) is 0. The number of rotatable bonds is 1. The van der Waals surface area contributed by atoms with Gasteiger partial charge in [0, 0.05) is 0 Å². The highest BCUT2D eigenvalue weighted by Gasteiger charge is 2.03. The van der Waals surface area contributed by atoms with Crippen molar-refractivity contribution in [3.05, 3.63) is 10.0 Å². The maximum atomic E-state index is 5.53. The largest absolute Gasteiger partial charge is 0.322 e. The lowest BCUT2D eigenvalue weighted by molar-refractivity contribution is 0.784. The van der Waals surface area contributed by atoms with Crippen molar-refractivity contribution in [2.24, 2.45) is 5.73 Å². The first-order valence-electron chi connectivity index (χ1n) is 2.75. The summed E-state index contributed by atoms with van der Waals surface area (Å²) in [4.78, 5) is 0. The van der Waals surface area contributed by atoms with Crippen LogP contribution < -0.4 is 5.73 Å². The molecule has 9 heavy (non-hydrogen) atoms. The Morgan fingerprint density at radius 3 is 2.44 bits per heavy atom. The molecule has 0 aromatic carbocycles. The van der Waals surface area contributed by atoms with E-state index in [0.29, 0.717) is 0 Å². The van der Waals surface area contributed by atoms with E-state index in [9.17, 15) is 0 Å². The number of aromatic nitrogens is 2. The fraction of sp³-hybridized carbons (Fsp3) is 0.600. The zero-order chi connectivity index (χ0) is 6.85. The smallest absolute Gasteiger partial charge is 0.133 e. The first kappa shape index (κ1) is 6.64. The average molecular weight is 143 g/mol. The van der Waals surface area contributed by atoms with Gasteiger partial charge in [-0.2, -0.15) is 0 Å². The highest BCUT2D eigenvalue weighted by Crippen LogP contribution is 2.13. The maximum Gasteiger partial charge on any atom is 0.133 e. The summed E-state index contributed by atoms with van der Waals surface area (Å²) in [6, 6.07) is 0.0243. The molecule has 0 aliphatic carbocycles. The van der Waals surface area contributed by atoms with Gasteiger partial charge in [0.05, 0.1) is 6.04 Å². The Hall–Kier alpha value is -0.480. The number of hydrogen-bond acceptors (Lipinski definition) is 4. The van der Waals surface area contributed by atoms with Gasteiger partial charge in [-0.15, -0.1) is 21.5 Å². The second-order valence-electron chi connectivity index (χ2n) is 1.95. The van der Waals surface area contributed by atoms with Gasteiger partial charge >= 0.3 is 0 Å². The van der Waals surface area contributed by atoms with E-state index < -0.39 is 0 Å². The third-order valence-corrected chi connectivity index (χ3v) is 1.97. The quantitative estimate of drug-likeness (QED) is 0.634. The van der Waals surface area contributed by atoms with Gasteiger partial charge in [0.1, 0.15) is 10.0 Å². The summed E-state index contributed by atoms with van der Waals surface area (Å²) in [5, 5.41) is 9.57. The summed E-state index contributed by atoms with van der Waals surface area (Å²) < 4.78 is 0. The molecule has 1 rings (SSSR count). The minimum absolute atomic E-state index is 0.0243. The van der Waals surface area contributed by atoms with E-state index in [4.69, 9.17) is 5.73 Å². The molecule has 0 saturated carbocycles. The predicted octanol–water partition coefficient (Wildman–Crippen LogP) is 0.866. The van der Waals surface area contributed by atoms with Gasteiger partial charge in [0.25, 0.3) is 0 Å². The molecule has 1 heterocycles. The van der Waals surface area contributed by atoms with Gasteiger partial charge < -0.3 is 5.73 Å². The van der Waals surface area contributed by atoms with Crippen molar-refractivity contribution in [2.45, 2.75) is 19.9 Å². The second-order valence-corrected chi connectivity index (χ2v) is 3.16. The molecule has 0 fully saturated rings. The normalized spacial score (nSPS) is 13.7. The molecule has 0 spiro atoms. The van der Waals surface area contributed by atoms with E-state index in [1.54, 1.807) is 11.3 Å². The van der Waals surface area contributed by atoms with Crippen molar-refractivity contribution >= 4 is 11.3 Å². The van der Waals surface area contributed by atoms with Crippen LogP contribution in [0.5, 0.6) is 0 Å². The van der Waals surface area contributed by atoms with Crippen LogP contribution in [0.25, 0.3) is 0 Å². The van der Waals surface area contributed by atoms with E-state index in [1.165, 1.54) is 0 Å². The molecule has 0 bridgehead atoms. The van der Waals surface area contributed by atoms with Crippen molar-refractivity contribution in [3.8, 4) is 0 Å². The molecule has 1 atom stereocenters. The van der Waals surface area contributed by atoms with E-state index in [1.807, 2.05) is 13.8 Å². The lowest BCUT2D eigenvalue weighted by Crippen LogP contribution is -2.03. The van der Waals surface area contributed by atoms with E-state index in [0.717, 1.165) is 10.0 Å². The predicted molar refractivity (Wildman–Crippen MR) is 37.2 cm³/mol. The Morgan fingerprint density at radius 1 is 1.56 bits per heavy atom. The van der Waals surface area contributed by atoms with Crippen LogP contribution in [0.3, 0.4) is 0 Å². The SMILES string of the molecule is Cc1nnc(C(C)N)s1.